The van der Waals surface area contributed by atoms with Gasteiger partial charge in [-0.05, 0) is 18.3 Å². The number of aromatic nitrogens is 4. The lowest BCUT2D eigenvalue weighted by Gasteiger charge is -2.04. The Morgan fingerprint density at radius 1 is 1.38 bits per heavy atom. The van der Waals surface area contributed by atoms with Crippen LogP contribution < -0.4 is 10.6 Å². The number of anilines is 1. The first kappa shape index (κ1) is 17.1. The third-order valence-electron chi connectivity index (χ3n) is 3.08. The van der Waals surface area contributed by atoms with E-state index in [1.165, 1.54) is 10.9 Å². The molecule has 0 fully saturated rings. The summed E-state index contributed by atoms with van der Waals surface area (Å²) in [5.41, 5.74) is 0.121. The molecule has 0 aliphatic heterocycles. The number of amides is 2. The monoisotopic (exact) mass is 335 g/mol. The Balaban J connectivity index is 2.20. The van der Waals surface area contributed by atoms with Crippen LogP contribution in [0.15, 0.2) is 12.3 Å². The third kappa shape index (κ3) is 3.74. The Morgan fingerprint density at radius 2 is 2.12 bits per heavy atom. The fraction of sp³-hybridized carbons (Fsp3) is 0.385. The standard InChI is InChI=1S/C13H17N7O4/c1-3-5-14-13(22)11-9(7-19(4-2)18-11)15-12(21)8-6-10(17-16-8)20(23)24/h6-7H,3-5H2,1-2H3,(H,14,22)(H,15,21)(H,16,17). The van der Waals surface area contributed by atoms with Gasteiger partial charge in [0.2, 0.25) is 0 Å². The Morgan fingerprint density at radius 3 is 2.71 bits per heavy atom. The number of aromatic amines is 1. The Bertz CT molecular complexity index is 764. The van der Waals surface area contributed by atoms with E-state index in [0.29, 0.717) is 13.1 Å². The summed E-state index contributed by atoms with van der Waals surface area (Å²) in [7, 11) is 0. The number of H-pyrrole nitrogens is 1. The Kier molecular flexibility index (Phi) is 5.24. The first-order valence-corrected chi connectivity index (χ1v) is 7.33. The van der Waals surface area contributed by atoms with Gasteiger partial charge >= 0.3 is 5.82 Å². The van der Waals surface area contributed by atoms with Gasteiger partial charge in [0.1, 0.15) is 0 Å². The average molecular weight is 335 g/mol. The Labute approximate surface area is 136 Å². The molecule has 2 rings (SSSR count). The Hall–Kier alpha value is -3.24. The van der Waals surface area contributed by atoms with Crippen molar-refractivity contribution in [2.75, 3.05) is 11.9 Å². The van der Waals surface area contributed by atoms with Crippen molar-refractivity contribution in [1.82, 2.24) is 25.3 Å². The van der Waals surface area contributed by atoms with E-state index in [4.69, 9.17) is 0 Å². The third-order valence-corrected chi connectivity index (χ3v) is 3.08. The highest BCUT2D eigenvalue weighted by atomic mass is 16.6. The average Bonchev–Trinajstić information content (AvgIpc) is 3.19. The minimum absolute atomic E-state index is 0.0729. The van der Waals surface area contributed by atoms with Gasteiger partial charge in [0.25, 0.3) is 11.8 Å². The van der Waals surface area contributed by atoms with Crippen molar-refractivity contribution in [1.29, 1.82) is 0 Å². The first-order valence-electron chi connectivity index (χ1n) is 7.33. The highest BCUT2D eigenvalue weighted by Crippen LogP contribution is 2.16. The molecular weight excluding hydrogens is 318 g/mol. The molecule has 0 bridgehead atoms. The number of nitro groups is 1. The molecule has 24 heavy (non-hydrogen) atoms. The second kappa shape index (κ2) is 7.35. The molecule has 11 nitrogen and oxygen atoms in total. The molecule has 2 amide bonds. The fourth-order valence-electron chi connectivity index (χ4n) is 1.87. The van der Waals surface area contributed by atoms with Crippen LogP contribution in [0, 0.1) is 10.1 Å². The van der Waals surface area contributed by atoms with Crippen LogP contribution in [0.4, 0.5) is 11.5 Å². The van der Waals surface area contributed by atoms with Crippen molar-refractivity contribution >= 4 is 23.3 Å². The lowest BCUT2D eigenvalue weighted by molar-refractivity contribution is -0.389. The maximum Gasteiger partial charge on any atom is 0.343 e. The molecule has 11 heteroatoms. The number of aryl methyl sites for hydroxylation is 1. The number of nitrogens with zero attached hydrogens (tertiary/aromatic N) is 4. The summed E-state index contributed by atoms with van der Waals surface area (Å²) in [4.78, 5) is 34.2. The van der Waals surface area contributed by atoms with Crippen molar-refractivity contribution < 1.29 is 14.5 Å². The molecule has 0 saturated heterocycles. The van der Waals surface area contributed by atoms with Crippen LogP contribution in [-0.2, 0) is 6.54 Å². The molecule has 2 aromatic heterocycles. The number of carbonyl (C=O) groups excluding carboxylic acids is 2. The van der Waals surface area contributed by atoms with Gasteiger partial charge in [-0.3, -0.25) is 14.3 Å². The molecule has 0 atom stereocenters. The zero-order valence-electron chi connectivity index (χ0n) is 13.2. The fourth-order valence-corrected chi connectivity index (χ4v) is 1.87. The van der Waals surface area contributed by atoms with Crippen molar-refractivity contribution in [2.24, 2.45) is 0 Å². The van der Waals surface area contributed by atoms with E-state index >= 15 is 0 Å². The van der Waals surface area contributed by atoms with E-state index in [-0.39, 0.29) is 17.1 Å². The lowest BCUT2D eigenvalue weighted by atomic mass is 10.3. The zero-order valence-corrected chi connectivity index (χ0v) is 13.2. The summed E-state index contributed by atoms with van der Waals surface area (Å²) in [6.45, 7) is 4.75. The second-order valence-electron chi connectivity index (χ2n) is 4.85. The minimum atomic E-state index is -0.692. The van der Waals surface area contributed by atoms with Gasteiger partial charge < -0.3 is 20.7 Å². The van der Waals surface area contributed by atoms with Crippen molar-refractivity contribution in [3.8, 4) is 0 Å². The topological polar surface area (TPSA) is 148 Å². The minimum Gasteiger partial charge on any atom is -0.358 e. The largest absolute Gasteiger partial charge is 0.358 e. The van der Waals surface area contributed by atoms with Crippen LogP contribution in [0.25, 0.3) is 0 Å². The SMILES string of the molecule is CCCNC(=O)c1nn(CC)cc1NC(=O)c1cc([N+](=O)[O-])[nH]n1. The van der Waals surface area contributed by atoms with Crippen molar-refractivity contribution in [3.05, 3.63) is 33.8 Å². The van der Waals surface area contributed by atoms with Gasteiger partial charge in [0.15, 0.2) is 11.4 Å². The van der Waals surface area contributed by atoms with Gasteiger partial charge in [0.05, 0.1) is 11.8 Å². The molecule has 0 saturated carbocycles. The molecule has 0 radical (unpaired) electrons. The summed E-state index contributed by atoms with van der Waals surface area (Å²) in [6, 6.07) is 1.01. The van der Waals surface area contributed by atoms with Crippen LogP contribution in [0.3, 0.4) is 0 Å². The predicted octanol–water partition coefficient (Wildman–Crippen LogP) is 0.926. The highest BCUT2D eigenvalue weighted by molar-refractivity contribution is 6.07. The molecule has 0 unspecified atom stereocenters. The quantitative estimate of drug-likeness (QED) is 0.506. The maximum absolute atomic E-state index is 12.2. The van der Waals surface area contributed by atoms with Crippen molar-refractivity contribution in [2.45, 2.75) is 26.8 Å². The van der Waals surface area contributed by atoms with Gasteiger partial charge in [0, 0.05) is 19.3 Å². The first-order chi connectivity index (χ1) is 11.5. The summed E-state index contributed by atoms with van der Waals surface area (Å²) in [6.07, 6.45) is 2.28. The van der Waals surface area contributed by atoms with E-state index < -0.39 is 22.6 Å². The van der Waals surface area contributed by atoms with E-state index in [1.54, 1.807) is 0 Å². The summed E-state index contributed by atoms with van der Waals surface area (Å²) in [5, 5.41) is 25.6. The molecule has 2 heterocycles. The molecule has 0 aliphatic carbocycles. The van der Waals surface area contributed by atoms with Crippen LogP contribution in [0.5, 0.6) is 0 Å². The lowest BCUT2D eigenvalue weighted by Crippen LogP contribution is -2.26. The van der Waals surface area contributed by atoms with Gasteiger partial charge in [-0.1, -0.05) is 12.0 Å². The van der Waals surface area contributed by atoms with E-state index in [1.807, 2.05) is 13.8 Å². The van der Waals surface area contributed by atoms with Crippen LogP contribution in [-0.4, -0.2) is 43.3 Å². The smallest absolute Gasteiger partial charge is 0.343 e. The van der Waals surface area contributed by atoms with E-state index in [9.17, 15) is 19.7 Å². The van der Waals surface area contributed by atoms with Gasteiger partial charge in [-0.25, -0.2) is 0 Å². The molecule has 0 aliphatic rings. The van der Waals surface area contributed by atoms with Crippen LogP contribution >= 0.6 is 0 Å². The van der Waals surface area contributed by atoms with Crippen molar-refractivity contribution in [3.63, 3.8) is 0 Å². The number of nitrogens with one attached hydrogen (secondary N) is 3. The summed E-state index contributed by atoms with van der Waals surface area (Å²) in [5.74, 6) is -1.49. The summed E-state index contributed by atoms with van der Waals surface area (Å²) < 4.78 is 1.50. The van der Waals surface area contributed by atoms with Gasteiger partial charge in [-0.15, -0.1) is 5.10 Å². The zero-order chi connectivity index (χ0) is 17.7. The molecule has 3 N–H and O–H groups in total. The molecular formula is C13H17N7O4. The van der Waals surface area contributed by atoms with Gasteiger partial charge in [-0.2, -0.15) is 5.10 Å². The predicted molar refractivity (Wildman–Crippen MR) is 83.7 cm³/mol. The number of hydrogen-bond acceptors (Lipinski definition) is 6. The van der Waals surface area contributed by atoms with E-state index in [0.717, 1.165) is 12.5 Å². The molecule has 128 valence electrons. The highest BCUT2D eigenvalue weighted by Gasteiger charge is 2.21. The molecule has 0 spiro atoms. The van der Waals surface area contributed by atoms with Crippen LogP contribution in [0.2, 0.25) is 0 Å². The number of rotatable bonds is 7. The maximum atomic E-state index is 12.2. The molecule has 2 aromatic rings. The second-order valence-corrected chi connectivity index (χ2v) is 4.85. The van der Waals surface area contributed by atoms with Crippen LogP contribution in [0.1, 0.15) is 41.2 Å². The number of hydrogen-bond donors (Lipinski definition) is 3. The summed E-state index contributed by atoms with van der Waals surface area (Å²) >= 11 is 0. The normalized spacial score (nSPS) is 10.4. The number of carbonyl (C=O) groups is 2. The molecule has 0 aromatic carbocycles. The van der Waals surface area contributed by atoms with E-state index in [2.05, 4.69) is 25.9 Å².